The first-order chi connectivity index (χ1) is 8.04. The topological polar surface area (TPSA) is 63.3 Å². The van der Waals surface area contributed by atoms with Crippen molar-refractivity contribution in [3.05, 3.63) is 35.3 Å². The van der Waals surface area contributed by atoms with Crippen molar-refractivity contribution in [2.24, 2.45) is 0 Å². The molecule has 0 spiro atoms. The van der Waals surface area contributed by atoms with Gasteiger partial charge < -0.3 is 9.63 Å². The zero-order valence-electron chi connectivity index (χ0n) is 8.08. The minimum absolute atomic E-state index is 0.136. The van der Waals surface area contributed by atoms with Gasteiger partial charge >= 0.3 is 0 Å². The number of hydrogen-bond donors (Lipinski definition) is 1. The molecule has 0 saturated heterocycles. The number of halogens is 3. The summed E-state index contributed by atoms with van der Waals surface area (Å²) in [5.41, 5.74) is -0.661. The van der Waals surface area contributed by atoms with Gasteiger partial charge in [-0.25, -0.2) is 8.78 Å². The van der Waals surface area contributed by atoms with E-state index in [-0.39, 0.29) is 11.5 Å². The van der Waals surface area contributed by atoms with Crippen molar-refractivity contribution in [1.29, 1.82) is 0 Å². The molecule has 1 N–H and O–H groups in total. The van der Waals surface area contributed by atoms with Gasteiger partial charge in [0, 0.05) is 6.07 Å². The minimum Gasteiger partial charge on any atom is -0.503 e. The molecule has 2 aromatic rings. The first-order valence-electron chi connectivity index (χ1n) is 4.33. The van der Waals surface area contributed by atoms with Crippen molar-refractivity contribution in [3.8, 4) is 17.1 Å². The first-order valence-corrected chi connectivity index (χ1v) is 4.33. The minimum atomic E-state index is -1.69. The number of rotatable bonds is 2. The average Bonchev–Trinajstić information content (AvgIpc) is 2.79. The Bertz CT molecular complexity index is 595. The quantitative estimate of drug-likeness (QED) is 0.649. The van der Waals surface area contributed by atoms with E-state index < -0.39 is 28.8 Å². The average molecular weight is 243 g/mol. The summed E-state index contributed by atoms with van der Waals surface area (Å²) in [5, 5.41) is 12.2. The zero-order valence-corrected chi connectivity index (χ0v) is 8.08. The number of aromatic nitrogens is 1. The Labute approximate surface area is 92.3 Å². The Morgan fingerprint density at radius 2 is 1.94 bits per heavy atom. The van der Waals surface area contributed by atoms with Crippen molar-refractivity contribution in [1.82, 2.24) is 5.16 Å². The van der Waals surface area contributed by atoms with Gasteiger partial charge in [-0.1, -0.05) is 5.16 Å². The van der Waals surface area contributed by atoms with E-state index in [0.717, 1.165) is 6.07 Å². The molecular formula is C10H4F3NO3. The summed E-state index contributed by atoms with van der Waals surface area (Å²) in [6.45, 7) is 0. The molecule has 0 aliphatic heterocycles. The van der Waals surface area contributed by atoms with Gasteiger partial charge in [0.15, 0.2) is 29.4 Å². The van der Waals surface area contributed by atoms with Crippen molar-refractivity contribution in [2.45, 2.75) is 0 Å². The van der Waals surface area contributed by atoms with Crippen LogP contribution in [0, 0.1) is 17.5 Å². The summed E-state index contributed by atoms with van der Waals surface area (Å²) in [5.74, 6) is -6.27. The molecule has 0 bridgehead atoms. The number of aldehydes is 1. The van der Waals surface area contributed by atoms with E-state index in [1.165, 1.54) is 0 Å². The molecule has 0 aliphatic rings. The number of benzene rings is 1. The second-order valence-electron chi connectivity index (χ2n) is 3.12. The van der Waals surface area contributed by atoms with E-state index in [4.69, 9.17) is 5.11 Å². The maximum Gasteiger partial charge on any atom is 0.203 e. The number of carbonyl (C=O) groups is 1. The van der Waals surface area contributed by atoms with Gasteiger partial charge in [-0.05, 0) is 6.07 Å². The Morgan fingerprint density at radius 1 is 1.24 bits per heavy atom. The maximum absolute atomic E-state index is 13.4. The Kier molecular flexibility index (Phi) is 2.58. The van der Waals surface area contributed by atoms with E-state index >= 15 is 0 Å². The maximum atomic E-state index is 13.4. The number of phenols is 1. The molecule has 7 heteroatoms. The van der Waals surface area contributed by atoms with Crippen LogP contribution in [0.15, 0.2) is 16.7 Å². The predicted octanol–water partition coefficient (Wildman–Crippen LogP) is 2.28. The third-order valence-corrected chi connectivity index (χ3v) is 2.05. The Balaban J connectivity index is 2.63. The van der Waals surface area contributed by atoms with Crippen LogP contribution < -0.4 is 0 Å². The van der Waals surface area contributed by atoms with Gasteiger partial charge in [-0.15, -0.1) is 0 Å². The Hall–Kier alpha value is -2.31. The molecule has 0 radical (unpaired) electrons. The monoisotopic (exact) mass is 243 g/mol. The molecule has 17 heavy (non-hydrogen) atoms. The number of nitrogens with zero attached hydrogens (tertiary/aromatic N) is 1. The lowest BCUT2D eigenvalue weighted by molar-refractivity contribution is 0.111. The lowest BCUT2D eigenvalue weighted by Crippen LogP contribution is -1.92. The summed E-state index contributed by atoms with van der Waals surface area (Å²) < 4.78 is 43.7. The van der Waals surface area contributed by atoms with Crippen molar-refractivity contribution in [3.63, 3.8) is 0 Å². The van der Waals surface area contributed by atoms with E-state index in [0.29, 0.717) is 12.4 Å². The van der Waals surface area contributed by atoms with Crippen LogP contribution in [0.5, 0.6) is 5.75 Å². The molecule has 88 valence electrons. The van der Waals surface area contributed by atoms with Crippen LogP contribution in [0.3, 0.4) is 0 Å². The van der Waals surface area contributed by atoms with E-state index in [9.17, 15) is 18.0 Å². The number of hydrogen-bond acceptors (Lipinski definition) is 4. The summed E-state index contributed by atoms with van der Waals surface area (Å²) >= 11 is 0. The molecule has 1 heterocycles. The highest BCUT2D eigenvalue weighted by Crippen LogP contribution is 2.32. The third-order valence-electron chi connectivity index (χ3n) is 2.05. The molecule has 0 atom stereocenters. The van der Waals surface area contributed by atoms with Crippen LogP contribution in [0.4, 0.5) is 13.2 Å². The second kappa shape index (κ2) is 3.93. The molecule has 2 rings (SSSR count). The highest BCUT2D eigenvalue weighted by atomic mass is 19.2. The fraction of sp³-hybridized carbons (Fsp3) is 0. The highest BCUT2D eigenvalue weighted by Gasteiger charge is 2.21. The van der Waals surface area contributed by atoms with E-state index in [2.05, 4.69) is 9.68 Å². The summed E-state index contributed by atoms with van der Waals surface area (Å²) in [4.78, 5) is 10.3. The van der Waals surface area contributed by atoms with Gasteiger partial charge in [-0.2, -0.15) is 4.39 Å². The van der Waals surface area contributed by atoms with E-state index in [1.807, 2.05) is 0 Å². The number of phenolic OH excluding ortho intramolecular Hbond substituents is 1. The van der Waals surface area contributed by atoms with Gasteiger partial charge in [0.2, 0.25) is 5.82 Å². The van der Waals surface area contributed by atoms with E-state index in [1.54, 1.807) is 0 Å². The third kappa shape index (κ3) is 1.75. The van der Waals surface area contributed by atoms with Crippen molar-refractivity contribution < 1.29 is 27.6 Å². The molecule has 0 fully saturated rings. The van der Waals surface area contributed by atoms with Gasteiger partial charge in [-0.3, -0.25) is 4.79 Å². The van der Waals surface area contributed by atoms with Crippen LogP contribution in [0.2, 0.25) is 0 Å². The van der Waals surface area contributed by atoms with Crippen LogP contribution in [-0.2, 0) is 0 Å². The Morgan fingerprint density at radius 3 is 2.53 bits per heavy atom. The molecule has 0 aliphatic carbocycles. The molecule has 0 amide bonds. The lowest BCUT2D eigenvalue weighted by atomic mass is 10.1. The second-order valence-corrected chi connectivity index (χ2v) is 3.12. The summed E-state index contributed by atoms with van der Waals surface area (Å²) in [7, 11) is 0. The van der Waals surface area contributed by atoms with Gasteiger partial charge in [0.05, 0.1) is 5.56 Å². The SMILES string of the molecule is O=Cc1cc(-c2cc(F)c(F)c(O)c2F)on1. The molecule has 4 nitrogen and oxygen atoms in total. The number of carbonyl (C=O) groups excluding carboxylic acids is 1. The van der Waals surface area contributed by atoms with Gasteiger partial charge in [0.1, 0.15) is 5.69 Å². The van der Waals surface area contributed by atoms with Crippen molar-refractivity contribution >= 4 is 6.29 Å². The largest absolute Gasteiger partial charge is 0.503 e. The molecule has 1 aromatic heterocycles. The van der Waals surface area contributed by atoms with Crippen LogP contribution in [-0.4, -0.2) is 16.5 Å². The summed E-state index contributed by atoms with van der Waals surface area (Å²) in [6.07, 6.45) is 0.338. The standard InChI is InChI=1S/C10H4F3NO3/c11-6-2-5(8(12)10(16)9(6)13)7-1-4(3-15)14-17-7/h1-3,16H. The highest BCUT2D eigenvalue weighted by molar-refractivity contribution is 5.74. The van der Waals surface area contributed by atoms with Gasteiger partial charge in [0.25, 0.3) is 0 Å². The molecule has 1 aromatic carbocycles. The smallest absolute Gasteiger partial charge is 0.203 e. The fourth-order valence-electron chi connectivity index (χ4n) is 1.24. The molecule has 0 saturated carbocycles. The predicted molar refractivity (Wildman–Crippen MR) is 48.9 cm³/mol. The van der Waals surface area contributed by atoms with Crippen LogP contribution in [0.25, 0.3) is 11.3 Å². The normalized spacial score (nSPS) is 10.5. The van der Waals surface area contributed by atoms with Crippen LogP contribution >= 0.6 is 0 Å². The number of aromatic hydroxyl groups is 1. The van der Waals surface area contributed by atoms with Crippen molar-refractivity contribution in [2.75, 3.05) is 0 Å². The lowest BCUT2D eigenvalue weighted by Gasteiger charge is -2.03. The fourth-order valence-corrected chi connectivity index (χ4v) is 1.24. The van der Waals surface area contributed by atoms with Crippen LogP contribution in [0.1, 0.15) is 10.5 Å². The zero-order chi connectivity index (χ0) is 12.6. The first kappa shape index (κ1) is 11.2. The summed E-state index contributed by atoms with van der Waals surface area (Å²) in [6, 6.07) is 1.53. The molecular weight excluding hydrogens is 239 g/mol. The molecule has 0 unspecified atom stereocenters.